The normalized spacial score (nSPS) is 16.0. The van der Waals surface area contributed by atoms with Gasteiger partial charge in [0, 0.05) is 30.6 Å². The van der Waals surface area contributed by atoms with Crippen LogP contribution in [-0.2, 0) is 10.5 Å². The Morgan fingerprint density at radius 3 is 2.45 bits per heavy atom. The molecule has 22 heavy (non-hydrogen) atoms. The first-order valence-electron chi connectivity index (χ1n) is 7.12. The van der Waals surface area contributed by atoms with Crippen molar-refractivity contribution in [3.63, 3.8) is 0 Å². The van der Waals surface area contributed by atoms with E-state index in [-0.39, 0.29) is 5.91 Å². The molecule has 3 N–H and O–H groups in total. The van der Waals surface area contributed by atoms with E-state index < -0.39 is 5.66 Å². The van der Waals surface area contributed by atoms with Crippen LogP contribution in [0.3, 0.4) is 0 Å². The number of nitrogens with one attached hydrogen (secondary N) is 3. The molecule has 2 heterocycles. The molecule has 1 aliphatic rings. The zero-order chi connectivity index (χ0) is 15.7. The standard InChI is InChI=1S/C16H19N5O/c1-17-16(18-2)13-7-6-11(12-5-4-8-20-10-12)9-14(13)21(19-3)15(16)22/h4-10,17-19H,1-3H3. The number of pyridine rings is 1. The molecule has 114 valence electrons. The molecule has 1 aromatic heterocycles. The van der Waals surface area contributed by atoms with Crippen molar-refractivity contribution in [1.29, 1.82) is 0 Å². The van der Waals surface area contributed by atoms with Gasteiger partial charge in [0.05, 0.1) is 5.69 Å². The SMILES string of the molecule is CNN1C(=O)C(NC)(NC)c2ccc(-c3cccnc3)cc21. The van der Waals surface area contributed by atoms with Crippen molar-refractivity contribution in [3.05, 3.63) is 48.3 Å². The number of aromatic nitrogens is 1. The van der Waals surface area contributed by atoms with Gasteiger partial charge in [-0.1, -0.05) is 18.2 Å². The van der Waals surface area contributed by atoms with Crippen molar-refractivity contribution in [1.82, 2.24) is 21.0 Å². The van der Waals surface area contributed by atoms with Gasteiger partial charge in [0.1, 0.15) is 0 Å². The van der Waals surface area contributed by atoms with Crippen molar-refractivity contribution in [2.45, 2.75) is 5.66 Å². The van der Waals surface area contributed by atoms with Crippen LogP contribution < -0.4 is 21.1 Å². The number of hydrogen-bond donors (Lipinski definition) is 3. The molecule has 1 amide bonds. The molecule has 0 spiro atoms. The fourth-order valence-electron chi connectivity index (χ4n) is 2.97. The van der Waals surface area contributed by atoms with Gasteiger partial charge in [-0.05, 0) is 31.8 Å². The van der Waals surface area contributed by atoms with Gasteiger partial charge in [-0.2, -0.15) is 0 Å². The van der Waals surface area contributed by atoms with Crippen molar-refractivity contribution in [2.75, 3.05) is 26.2 Å². The van der Waals surface area contributed by atoms with Crippen molar-refractivity contribution < 1.29 is 4.79 Å². The topological polar surface area (TPSA) is 69.3 Å². The molecule has 1 aliphatic heterocycles. The summed E-state index contributed by atoms with van der Waals surface area (Å²) in [6.07, 6.45) is 3.55. The Morgan fingerprint density at radius 2 is 1.86 bits per heavy atom. The van der Waals surface area contributed by atoms with Crippen molar-refractivity contribution >= 4 is 11.6 Å². The zero-order valence-electron chi connectivity index (χ0n) is 12.8. The van der Waals surface area contributed by atoms with Crippen LogP contribution in [0.2, 0.25) is 0 Å². The van der Waals surface area contributed by atoms with Gasteiger partial charge in [-0.25, -0.2) is 10.4 Å². The van der Waals surface area contributed by atoms with Crippen molar-refractivity contribution in [3.8, 4) is 11.1 Å². The average Bonchev–Trinajstić information content (AvgIpc) is 2.82. The summed E-state index contributed by atoms with van der Waals surface area (Å²) >= 11 is 0. The van der Waals surface area contributed by atoms with Crippen LogP contribution in [0.25, 0.3) is 11.1 Å². The lowest BCUT2D eigenvalue weighted by atomic mass is 9.98. The number of likely N-dealkylation sites (N-methyl/N-ethyl adjacent to an activating group) is 2. The van der Waals surface area contributed by atoms with Crippen LogP contribution >= 0.6 is 0 Å². The van der Waals surface area contributed by atoms with E-state index in [4.69, 9.17) is 0 Å². The van der Waals surface area contributed by atoms with E-state index in [2.05, 4.69) is 21.0 Å². The molecule has 0 aliphatic carbocycles. The lowest BCUT2D eigenvalue weighted by Crippen LogP contribution is -2.59. The minimum Gasteiger partial charge on any atom is -0.291 e. The molecule has 1 aromatic carbocycles. The van der Waals surface area contributed by atoms with E-state index in [1.165, 1.54) is 0 Å². The Labute approximate surface area is 129 Å². The monoisotopic (exact) mass is 297 g/mol. The first-order valence-corrected chi connectivity index (χ1v) is 7.12. The summed E-state index contributed by atoms with van der Waals surface area (Å²) in [6.45, 7) is 0. The summed E-state index contributed by atoms with van der Waals surface area (Å²) < 4.78 is 0. The van der Waals surface area contributed by atoms with Crippen LogP contribution in [0, 0.1) is 0 Å². The number of hydrazine groups is 1. The minimum absolute atomic E-state index is 0.0849. The number of carbonyl (C=O) groups is 1. The number of rotatable bonds is 4. The van der Waals surface area contributed by atoms with Gasteiger partial charge >= 0.3 is 0 Å². The first-order chi connectivity index (χ1) is 10.7. The molecular weight excluding hydrogens is 278 g/mol. The van der Waals surface area contributed by atoms with Gasteiger partial charge in [0.25, 0.3) is 5.91 Å². The second kappa shape index (κ2) is 5.49. The molecule has 3 rings (SSSR count). The number of benzene rings is 1. The molecule has 0 saturated carbocycles. The summed E-state index contributed by atoms with van der Waals surface area (Å²) in [7, 11) is 5.28. The Bertz CT molecular complexity index is 697. The van der Waals surface area contributed by atoms with E-state index in [1.807, 2.05) is 36.5 Å². The Kier molecular flexibility index (Phi) is 3.66. The highest BCUT2D eigenvalue weighted by Crippen LogP contribution is 2.39. The largest absolute Gasteiger partial charge is 0.291 e. The van der Waals surface area contributed by atoms with Crippen LogP contribution in [0.4, 0.5) is 5.69 Å². The fourth-order valence-corrected chi connectivity index (χ4v) is 2.97. The van der Waals surface area contributed by atoms with E-state index >= 15 is 0 Å². The van der Waals surface area contributed by atoms with Crippen LogP contribution in [0.1, 0.15) is 5.56 Å². The number of nitrogens with zero attached hydrogens (tertiary/aromatic N) is 2. The van der Waals surface area contributed by atoms with Gasteiger partial charge in [-0.3, -0.25) is 20.4 Å². The fraction of sp³-hybridized carbons (Fsp3) is 0.250. The maximum absolute atomic E-state index is 12.8. The molecule has 0 atom stereocenters. The van der Waals surface area contributed by atoms with E-state index in [0.717, 1.165) is 22.4 Å². The lowest BCUT2D eigenvalue weighted by Gasteiger charge is -2.27. The third-order valence-electron chi connectivity index (χ3n) is 4.14. The molecule has 0 unspecified atom stereocenters. The van der Waals surface area contributed by atoms with Gasteiger partial charge < -0.3 is 0 Å². The lowest BCUT2D eigenvalue weighted by molar-refractivity contribution is -0.125. The highest BCUT2D eigenvalue weighted by atomic mass is 16.2. The van der Waals surface area contributed by atoms with E-state index in [9.17, 15) is 4.79 Å². The third kappa shape index (κ3) is 1.93. The highest BCUT2D eigenvalue weighted by Gasteiger charge is 2.49. The number of anilines is 1. The summed E-state index contributed by atoms with van der Waals surface area (Å²) in [5, 5.41) is 7.76. The van der Waals surface area contributed by atoms with Gasteiger partial charge in [-0.15, -0.1) is 0 Å². The summed E-state index contributed by atoms with van der Waals surface area (Å²) in [5.41, 5.74) is 5.80. The molecular formula is C16H19N5O. The highest BCUT2D eigenvalue weighted by molar-refractivity contribution is 6.07. The minimum atomic E-state index is -0.911. The average molecular weight is 297 g/mol. The smallest absolute Gasteiger partial charge is 0.281 e. The molecule has 0 radical (unpaired) electrons. The first kappa shape index (κ1) is 14.6. The molecule has 6 nitrogen and oxygen atoms in total. The number of amides is 1. The van der Waals surface area contributed by atoms with E-state index in [1.54, 1.807) is 32.3 Å². The molecule has 0 fully saturated rings. The Morgan fingerprint density at radius 1 is 1.09 bits per heavy atom. The summed E-state index contributed by atoms with van der Waals surface area (Å²) in [5.74, 6) is -0.0849. The number of carbonyl (C=O) groups excluding carboxylic acids is 1. The van der Waals surface area contributed by atoms with Crippen molar-refractivity contribution in [2.24, 2.45) is 0 Å². The second-order valence-corrected chi connectivity index (χ2v) is 5.09. The predicted molar refractivity (Wildman–Crippen MR) is 86.0 cm³/mol. The number of hydrogen-bond acceptors (Lipinski definition) is 5. The Hall–Kier alpha value is -2.28. The second-order valence-electron chi connectivity index (χ2n) is 5.09. The molecule has 6 heteroatoms. The Balaban J connectivity index is 2.17. The summed E-state index contributed by atoms with van der Waals surface area (Å²) in [4.78, 5) is 16.9. The quantitative estimate of drug-likeness (QED) is 0.729. The molecule has 2 aromatic rings. The molecule has 0 saturated heterocycles. The van der Waals surface area contributed by atoms with Gasteiger partial charge in [0.2, 0.25) is 0 Å². The maximum Gasteiger partial charge on any atom is 0.281 e. The predicted octanol–water partition coefficient (Wildman–Crippen LogP) is 0.821. The number of fused-ring (bicyclic) bond motifs is 1. The maximum atomic E-state index is 12.8. The van der Waals surface area contributed by atoms with Crippen LogP contribution in [0.5, 0.6) is 0 Å². The van der Waals surface area contributed by atoms with Gasteiger partial charge in [0.15, 0.2) is 5.66 Å². The third-order valence-corrected chi connectivity index (χ3v) is 4.14. The zero-order valence-corrected chi connectivity index (χ0v) is 12.8. The summed E-state index contributed by atoms with van der Waals surface area (Å²) in [6, 6.07) is 9.87. The van der Waals surface area contributed by atoms with Crippen LogP contribution in [-0.4, -0.2) is 32.0 Å². The molecule has 0 bridgehead atoms. The van der Waals surface area contributed by atoms with E-state index in [0.29, 0.717) is 0 Å². The van der Waals surface area contributed by atoms with Crippen LogP contribution in [0.15, 0.2) is 42.7 Å².